The lowest BCUT2D eigenvalue weighted by molar-refractivity contribution is -0.310. The fraction of sp³-hybridized carbons (Fsp3) is 0.450. The van der Waals surface area contributed by atoms with E-state index in [1.807, 2.05) is 11.9 Å². The summed E-state index contributed by atoms with van der Waals surface area (Å²) in [5, 5.41) is 11.3. The Morgan fingerprint density at radius 3 is 2.60 bits per heavy atom. The summed E-state index contributed by atoms with van der Waals surface area (Å²) >= 11 is 2.25. The largest absolute Gasteiger partial charge is 0.572 e. The van der Waals surface area contributed by atoms with Crippen LogP contribution in [0.5, 0.6) is 0 Å². The molecule has 3 heterocycles. The molecule has 0 aromatic carbocycles. The fourth-order valence-electron chi connectivity index (χ4n) is 3.81. The van der Waals surface area contributed by atoms with Gasteiger partial charge in [-0.2, -0.15) is 0 Å². The van der Waals surface area contributed by atoms with Crippen LogP contribution in [0.4, 0.5) is 13.2 Å². The van der Waals surface area contributed by atoms with Crippen LogP contribution in [0.1, 0.15) is 11.4 Å². The molecule has 1 atom stereocenters. The Hall–Kier alpha value is -2.88. The lowest BCUT2D eigenvalue weighted by atomic mass is 9.84. The lowest BCUT2D eigenvalue weighted by Gasteiger charge is -2.38. The van der Waals surface area contributed by atoms with Gasteiger partial charge >= 0.3 is 6.36 Å². The first-order valence-electron chi connectivity index (χ1n) is 10.5. The van der Waals surface area contributed by atoms with Crippen molar-refractivity contribution in [1.82, 2.24) is 30.3 Å². The Labute approximate surface area is 206 Å². The van der Waals surface area contributed by atoms with Gasteiger partial charge in [-0.1, -0.05) is 17.4 Å². The van der Waals surface area contributed by atoms with E-state index in [4.69, 9.17) is 5.73 Å². The number of hydrogen-bond donors (Lipinski definition) is 2. The number of nitrogens with zero attached hydrogens (tertiary/aromatic N) is 5. The predicted octanol–water partition coefficient (Wildman–Crippen LogP) is 1.46. The molecule has 3 N–H and O–H groups in total. The minimum absolute atomic E-state index is 0.00830. The van der Waals surface area contributed by atoms with Crippen LogP contribution in [0.2, 0.25) is 0 Å². The first kappa shape index (κ1) is 25.2. The number of piperazine rings is 1. The van der Waals surface area contributed by atoms with E-state index in [-0.39, 0.29) is 23.5 Å². The van der Waals surface area contributed by atoms with E-state index in [1.54, 1.807) is 11.7 Å². The number of ether oxygens (including phenoxy) is 1. The number of alkyl halides is 3. The summed E-state index contributed by atoms with van der Waals surface area (Å²) in [6, 6.07) is 0. The molecule has 0 saturated carbocycles. The molecule has 1 aliphatic heterocycles. The van der Waals surface area contributed by atoms with E-state index < -0.39 is 29.5 Å². The van der Waals surface area contributed by atoms with Gasteiger partial charge in [-0.3, -0.25) is 19.5 Å². The highest BCUT2D eigenvalue weighted by molar-refractivity contribution is 7.20. The predicted molar refractivity (Wildman–Crippen MR) is 122 cm³/mol. The zero-order valence-electron chi connectivity index (χ0n) is 18.5. The smallest absolute Gasteiger partial charge is 0.407 e. The van der Waals surface area contributed by atoms with E-state index >= 15 is 0 Å². The summed E-state index contributed by atoms with van der Waals surface area (Å²) in [7, 11) is 1.97. The number of nitrogens with one attached hydrogen (secondary N) is 1. The molecule has 188 valence electrons. The number of rotatable bonds is 7. The van der Waals surface area contributed by atoms with E-state index in [1.165, 1.54) is 11.3 Å². The molecule has 0 spiro atoms. The Balaban J connectivity index is 1.72. The zero-order chi connectivity index (χ0) is 25.2. The minimum atomic E-state index is -5.05. The van der Waals surface area contributed by atoms with Crippen LogP contribution in [-0.2, 0) is 19.9 Å². The lowest BCUT2D eigenvalue weighted by Crippen LogP contribution is -2.54. The highest BCUT2D eigenvalue weighted by Gasteiger charge is 2.49. The van der Waals surface area contributed by atoms with Crippen molar-refractivity contribution in [1.29, 1.82) is 0 Å². The summed E-state index contributed by atoms with van der Waals surface area (Å²) in [5.74, 6) is -2.02. The number of primary amides is 1. The second kappa shape index (κ2) is 10.0. The normalized spacial score (nSPS) is 21.8. The molecule has 2 amide bonds. The van der Waals surface area contributed by atoms with Gasteiger partial charge < -0.3 is 20.7 Å². The molecule has 1 fully saturated rings. The summed E-state index contributed by atoms with van der Waals surface area (Å²) < 4.78 is 44.5. The number of hydrogen-bond acceptors (Lipinski definition) is 10. The third-order valence-corrected chi connectivity index (χ3v) is 7.63. The van der Waals surface area contributed by atoms with Gasteiger partial charge in [0.25, 0.3) is 0 Å². The number of nitrogens with two attached hydrogens (primary N) is 1. The standard InChI is InChI=1S/C20H22F3N7O3S2/c1-29-4-6-30(7-5-29)10-15(31)26-19(18-28-27-17(35-18)13-9-25-11-34-13)8-12(16(24)32)2-3-14(19)33-20(21,22)23/h2-3,9,11H,4-8,10H2,1H3,(H2,24,32)(H,26,31). The molecular formula is C20H22F3N7O3S2. The summed E-state index contributed by atoms with van der Waals surface area (Å²) in [4.78, 5) is 33.8. The van der Waals surface area contributed by atoms with Crippen LogP contribution in [0.25, 0.3) is 9.88 Å². The Morgan fingerprint density at radius 2 is 1.97 bits per heavy atom. The Kier molecular flexibility index (Phi) is 7.21. The van der Waals surface area contributed by atoms with Gasteiger partial charge in [-0.15, -0.1) is 34.7 Å². The molecule has 10 nitrogen and oxygen atoms in total. The van der Waals surface area contributed by atoms with Gasteiger partial charge in [-0.05, 0) is 13.1 Å². The van der Waals surface area contributed by atoms with Crippen LogP contribution < -0.4 is 11.1 Å². The van der Waals surface area contributed by atoms with Crippen LogP contribution >= 0.6 is 22.7 Å². The SMILES string of the molecule is CN1CCN(CC(=O)NC2(c3nnc(-c4cncs4)s3)CC(C(N)=O)=CC=C2OC(F)(F)F)CC1. The van der Waals surface area contributed by atoms with Gasteiger partial charge in [0, 0.05) is 44.4 Å². The van der Waals surface area contributed by atoms with Crippen molar-refractivity contribution < 1.29 is 27.5 Å². The molecule has 15 heteroatoms. The summed E-state index contributed by atoms with van der Waals surface area (Å²) in [6.07, 6.45) is -1.74. The van der Waals surface area contributed by atoms with Gasteiger partial charge in [0.15, 0.2) is 15.6 Å². The van der Waals surface area contributed by atoms with Crippen LogP contribution in [0, 0.1) is 0 Å². The molecule has 1 saturated heterocycles. The number of carbonyl (C=O) groups is 2. The minimum Gasteiger partial charge on any atom is -0.407 e. The molecule has 2 aromatic rings. The molecule has 1 aliphatic carbocycles. The van der Waals surface area contributed by atoms with Crippen molar-refractivity contribution in [2.75, 3.05) is 39.8 Å². The van der Waals surface area contributed by atoms with Crippen molar-refractivity contribution in [3.8, 4) is 9.88 Å². The maximum atomic E-state index is 13.4. The summed E-state index contributed by atoms with van der Waals surface area (Å²) in [5.41, 5.74) is 5.11. The Bertz CT molecular complexity index is 1140. The van der Waals surface area contributed by atoms with Gasteiger partial charge in [0.05, 0.1) is 16.9 Å². The van der Waals surface area contributed by atoms with Crippen LogP contribution in [0.3, 0.4) is 0 Å². The van der Waals surface area contributed by atoms with Crippen LogP contribution in [0.15, 0.2) is 35.2 Å². The van der Waals surface area contributed by atoms with E-state index in [9.17, 15) is 22.8 Å². The van der Waals surface area contributed by atoms with Gasteiger partial charge in [0.2, 0.25) is 11.8 Å². The fourth-order valence-corrected chi connectivity index (χ4v) is 5.47. The van der Waals surface area contributed by atoms with Crippen LogP contribution in [-0.4, -0.2) is 82.9 Å². The van der Waals surface area contributed by atoms with Crippen molar-refractivity contribution in [2.24, 2.45) is 5.73 Å². The first-order valence-corrected chi connectivity index (χ1v) is 12.2. The number of carbonyl (C=O) groups excluding carboxylic acids is 2. The molecule has 4 rings (SSSR count). The van der Waals surface area contributed by atoms with E-state index in [0.29, 0.717) is 23.0 Å². The van der Waals surface area contributed by atoms with Gasteiger partial charge in [-0.25, -0.2) is 0 Å². The zero-order valence-corrected chi connectivity index (χ0v) is 20.2. The summed E-state index contributed by atoms with van der Waals surface area (Å²) in [6.45, 7) is 2.71. The number of amides is 2. The highest BCUT2D eigenvalue weighted by Crippen LogP contribution is 2.44. The van der Waals surface area contributed by atoms with Crippen molar-refractivity contribution in [3.63, 3.8) is 0 Å². The second-order valence-corrected chi connectivity index (χ2v) is 9.99. The Morgan fingerprint density at radius 1 is 1.23 bits per heavy atom. The number of aromatic nitrogens is 3. The molecule has 2 aliphatic rings. The number of halogens is 3. The van der Waals surface area contributed by atoms with Crippen molar-refractivity contribution in [3.05, 3.63) is 40.2 Å². The van der Waals surface area contributed by atoms with E-state index in [2.05, 4.69) is 30.1 Å². The average Bonchev–Trinajstić information content (AvgIpc) is 3.47. The van der Waals surface area contributed by atoms with Crippen molar-refractivity contribution in [2.45, 2.75) is 18.3 Å². The monoisotopic (exact) mass is 529 g/mol. The second-order valence-electron chi connectivity index (χ2n) is 8.12. The molecular weight excluding hydrogens is 507 g/mol. The molecule has 0 bridgehead atoms. The average molecular weight is 530 g/mol. The third kappa shape index (κ3) is 5.86. The maximum Gasteiger partial charge on any atom is 0.572 e. The highest BCUT2D eigenvalue weighted by atomic mass is 32.1. The maximum absolute atomic E-state index is 13.4. The third-order valence-electron chi connectivity index (χ3n) is 5.60. The molecule has 35 heavy (non-hydrogen) atoms. The van der Waals surface area contributed by atoms with Crippen molar-refractivity contribution >= 4 is 34.5 Å². The van der Waals surface area contributed by atoms with E-state index in [0.717, 1.165) is 36.6 Å². The first-order chi connectivity index (χ1) is 16.6. The topological polar surface area (TPSA) is 127 Å². The quantitative estimate of drug-likeness (QED) is 0.552. The van der Waals surface area contributed by atoms with Gasteiger partial charge in [0.1, 0.15) is 5.76 Å². The molecule has 1 unspecified atom stereocenters. The number of thiazole rings is 1. The number of likely N-dealkylation sites (N-methyl/N-ethyl adjacent to an activating group) is 1. The number of allylic oxidation sites excluding steroid dienone is 2. The molecule has 0 radical (unpaired) electrons. The molecule has 2 aromatic heterocycles.